The second kappa shape index (κ2) is 8.79. The monoisotopic (exact) mass is 778 g/mol. The topological polar surface area (TPSA) is 9.86 Å². The molecule has 0 amide bonds. The van der Waals surface area contributed by atoms with E-state index in [0.717, 1.165) is 0 Å². The Kier molecular flexibility index (Phi) is 5.30. The molecule has 0 aliphatic carbocycles. The van der Waals surface area contributed by atoms with Crippen LogP contribution in [0.15, 0.2) is 68.2 Å². The van der Waals surface area contributed by atoms with Gasteiger partial charge in [-0.2, -0.15) is 0 Å². The molecule has 0 radical (unpaired) electrons. The number of nitrogens with zero attached hydrogens (tertiary/aromatic N) is 2. The molecule has 204 valence electrons. The minimum Gasteiger partial charge on any atom is -0.306 e. The highest BCUT2D eigenvalue weighted by atomic mass is 79.9. The van der Waals surface area contributed by atoms with Crippen molar-refractivity contribution in [3.05, 3.63) is 79.4 Å². The summed E-state index contributed by atoms with van der Waals surface area (Å²) in [4.78, 5) is 0. The van der Waals surface area contributed by atoms with Crippen LogP contribution in [-0.4, -0.2) is 9.13 Å². The van der Waals surface area contributed by atoms with E-state index < -0.39 is 0 Å². The van der Waals surface area contributed by atoms with Crippen molar-refractivity contribution >= 4 is 169 Å². The van der Waals surface area contributed by atoms with Gasteiger partial charge in [-0.25, -0.2) is 0 Å². The largest absolute Gasteiger partial charge is 0.306 e. The Bertz CT molecular complexity index is 2520. The summed E-state index contributed by atoms with van der Waals surface area (Å²) in [6, 6.07) is 22.5. The number of halogens is 2. The molecule has 0 aliphatic heterocycles. The first kappa shape index (κ1) is 25.3. The van der Waals surface area contributed by atoms with Crippen LogP contribution >= 0.6 is 99.9 Å². The summed E-state index contributed by atoms with van der Waals surface area (Å²) in [5.74, 6) is 0. The molecule has 0 N–H and O–H groups in total. The van der Waals surface area contributed by atoms with Crippen LogP contribution in [0.4, 0.5) is 0 Å². The Balaban J connectivity index is 1.32. The molecule has 8 heterocycles. The number of rotatable bonds is 2. The smallest absolute Gasteiger partial charge is 0.0838 e. The number of benzene rings is 2. The van der Waals surface area contributed by atoms with Crippen LogP contribution in [0, 0.1) is 13.8 Å². The van der Waals surface area contributed by atoms with Crippen LogP contribution in [-0.2, 0) is 0 Å². The van der Waals surface area contributed by atoms with Gasteiger partial charge in [-0.3, -0.25) is 0 Å². The van der Waals surface area contributed by atoms with Crippen molar-refractivity contribution in [3.8, 4) is 11.4 Å². The van der Waals surface area contributed by atoms with Crippen molar-refractivity contribution < 1.29 is 0 Å². The predicted octanol–water partition coefficient (Wildman–Crippen LogP) is 13.9. The minimum absolute atomic E-state index is 1.18. The second-order valence-electron chi connectivity index (χ2n) is 10.6. The molecule has 10 rings (SSSR count). The number of thiophene rings is 6. The zero-order chi connectivity index (χ0) is 28.0. The third-order valence-electron chi connectivity index (χ3n) is 8.00. The highest BCUT2D eigenvalue weighted by Crippen LogP contribution is 2.57. The van der Waals surface area contributed by atoms with Crippen molar-refractivity contribution in [2.24, 2.45) is 0 Å². The zero-order valence-electron chi connectivity index (χ0n) is 21.9. The second-order valence-corrected chi connectivity index (χ2v) is 19.6. The molecule has 0 saturated carbocycles. The molecule has 0 spiro atoms. The number of hydrogen-bond acceptors (Lipinski definition) is 6. The molecule has 8 aromatic heterocycles. The predicted molar refractivity (Wildman–Crippen MR) is 200 cm³/mol. The number of hydrogen-bond donors (Lipinski definition) is 0. The first-order valence-corrected chi connectivity index (χ1v) is 19.7. The van der Waals surface area contributed by atoms with E-state index in [1.54, 1.807) is 0 Å². The number of aromatic nitrogens is 2. The third-order valence-corrected chi connectivity index (χ3v) is 17.0. The first-order chi connectivity index (χ1) is 20.4. The Morgan fingerprint density at radius 3 is 1.14 bits per heavy atom. The Morgan fingerprint density at radius 1 is 0.429 bits per heavy atom. The van der Waals surface area contributed by atoms with Gasteiger partial charge in [0, 0.05) is 11.4 Å². The lowest BCUT2D eigenvalue weighted by atomic mass is 10.2. The SMILES string of the molecule is Cc1ccc(-n2c3cc(Br)sc3c3sc4c5sc6c(sc7c8sc(Br)cc8n(-c8ccc(C)cc8)c67)c5sc4c32)cc1. The van der Waals surface area contributed by atoms with Gasteiger partial charge < -0.3 is 9.13 Å². The number of fused-ring (bicyclic) bond motifs is 13. The molecule has 0 fully saturated rings. The van der Waals surface area contributed by atoms with Crippen molar-refractivity contribution in [2.45, 2.75) is 13.8 Å². The van der Waals surface area contributed by atoms with Crippen LogP contribution in [0.2, 0.25) is 0 Å². The molecule has 10 heteroatoms. The third kappa shape index (κ3) is 3.27. The molecule has 2 aromatic carbocycles. The average molecular weight is 781 g/mol. The molecule has 0 bridgehead atoms. The van der Waals surface area contributed by atoms with Gasteiger partial charge in [0.05, 0.1) is 76.6 Å². The van der Waals surface area contributed by atoms with Crippen molar-refractivity contribution in [3.63, 3.8) is 0 Å². The maximum absolute atomic E-state index is 3.78. The lowest BCUT2D eigenvalue weighted by Gasteiger charge is -2.06. The highest BCUT2D eigenvalue weighted by Gasteiger charge is 2.27. The van der Waals surface area contributed by atoms with Gasteiger partial charge in [-0.05, 0) is 82.1 Å². The van der Waals surface area contributed by atoms with Gasteiger partial charge in [-0.1, -0.05) is 35.4 Å². The molecule has 0 atom stereocenters. The number of aryl methyl sites for hydroxylation is 2. The van der Waals surface area contributed by atoms with Gasteiger partial charge >= 0.3 is 0 Å². The van der Waals surface area contributed by atoms with Crippen molar-refractivity contribution in [1.29, 1.82) is 0 Å². The van der Waals surface area contributed by atoms with E-state index in [1.165, 1.54) is 99.1 Å². The average Bonchev–Trinajstić information content (AvgIpc) is 3.80. The summed E-state index contributed by atoms with van der Waals surface area (Å²) < 4.78 is 21.5. The van der Waals surface area contributed by atoms with Crippen molar-refractivity contribution in [2.75, 3.05) is 0 Å². The molecule has 10 aromatic rings. The van der Waals surface area contributed by atoms with Gasteiger partial charge in [0.1, 0.15) is 0 Å². The first-order valence-electron chi connectivity index (χ1n) is 13.2. The fraction of sp³-hybridized carbons (Fsp3) is 0.0625. The lowest BCUT2D eigenvalue weighted by Crippen LogP contribution is -1.92. The standard InChI is InChI=1S/C32H16Br2N2S6/c1-13-3-7-15(8-4-13)35-17-11-19(33)37-23(17)25-21(35)27-29(39-25)31-32(41-27)30-28(42-31)22-26(40-30)24-18(12-20(34)38-24)36(22)16-9-5-14(2)6-10-16/h3-12H,1-2H3. The fourth-order valence-corrected chi connectivity index (χ4v) is 15.6. The van der Waals surface area contributed by atoms with Crippen molar-refractivity contribution in [1.82, 2.24) is 9.13 Å². The molecular formula is C32H16Br2N2S6. The van der Waals surface area contributed by atoms with E-state index in [0.29, 0.717) is 0 Å². The molecule has 0 unspecified atom stereocenters. The fourth-order valence-electron chi connectivity index (χ4n) is 6.14. The normalized spacial score (nSPS) is 12.8. The van der Waals surface area contributed by atoms with Crippen LogP contribution < -0.4 is 0 Å². The van der Waals surface area contributed by atoms with Crippen LogP contribution in [0.25, 0.3) is 80.4 Å². The summed E-state index contributed by atoms with van der Waals surface area (Å²) in [5, 5.41) is 0. The molecular weight excluding hydrogens is 765 g/mol. The van der Waals surface area contributed by atoms with Gasteiger partial charge in [-0.15, -0.1) is 68.0 Å². The Morgan fingerprint density at radius 2 is 0.762 bits per heavy atom. The molecule has 2 nitrogen and oxygen atoms in total. The quantitative estimate of drug-likeness (QED) is 0.165. The minimum atomic E-state index is 1.18. The summed E-state index contributed by atoms with van der Waals surface area (Å²) in [6.45, 7) is 4.31. The maximum atomic E-state index is 3.78. The summed E-state index contributed by atoms with van der Waals surface area (Å²) >= 11 is 19.2. The Hall–Kier alpha value is -2.02. The van der Waals surface area contributed by atoms with E-state index in [-0.39, 0.29) is 0 Å². The van der Waals surface area contributed by atoms with E-state index >= 15 is 0 Å². The summed E-state index contributed by atoms with van der Waals surface area (Å²) in [6.07, 6.45) is 0. The molecule has 0 aliphatic rings. The highest BCUT2D eigenvalue weighted by molar-refractivity contribution is 9.11. The van der Waals surface area contributed by atoms with E-state index in [9.17, 15) is 0 Å². The van der Waals surface area contributed by atoms with Crippen LogP contribution in [0.5, 0.6) is 0 Å². The van der Waals surface area contributed by atoms with Crippen LogP contribution in [0.1, 0.15) is 11.1 Å². The van der Waals surface area contributed by atoms with E-state index in [1.807, 2.05) is 68.0 Å². The zero-order valence-corrected chi connectivity index (χ0v) is 29.9. The van der Waals surface area contributed by atoms with Gasteiger partial charge in [0.2, 0.25) is 0 Å². The summed E-state index contributed by atoms with van der Waals surface area (Å²) in [5.41, 5.74) is 10.3. The Labute approximate surface area is 279 Å². The summed E-state index contributed by atoms with van der Waals surface area (Å²) in [7, 11) is 0. The maximum Gasteiger partial charge on any atom is 0.0838 e. The van der Waals surface area contributed by atoms with Gasteiger partial charge in [0.25, 0.3) is 0 Å². The van der Waals surface area contributed by atoms with Gasteiger partial charge in [0.15, 0.2) is 0 Å². The van der Waals surface area contributed by atoms with E-state index in [4.69, 9.17) is 0 Å². The molecule has 42 heavy (non-hydrogen) atoms. The van der Waals surface area contributed by atoms with Crippen LogP contribution in [0.3, 0.4) is 0 Å². The molecule has 0 saturated heterocycles. The lowest BCUT2D eigenvalue weighted by molar-refractivity contribution is 1.18. The van der Waals surface area contributed by atoms with E-state index in [2.05, 4.69) is 116 Å².